The number of aryl methyl sites for hydroxylation is 1. The Morgan fingerprint density at radius 1 is 1.25 bits per heavy atom. The van der Waals surface area contributed by atoms with Crippen LogP contribution in [0.4, 0.5) is 24.1 Å². The van der Waals surface area contributed by atoms with Crippen molar-refractivity contribution >= 4 is 27.9 Å². The van der Waals surface area contributed by atoms with E-state index in [-0.39, 0.29) is 13.0 Å². The highest BCUT2D eigenvalue weighted by molar-refractivity contribution is 7.15. The summed E-state index contributed by atoms with van der Waals surface area (Å²) < 4.78 is 44.2. The number of aromatic nitrogens is 4. The lowest BCUT2D eigenvalue weighted by molar-refractivity contribution is -0.136. The number of alkyl halides is 3. The fourth-order valence-corrected chi connectivity index (χ4v) is 5.59. The second kappa shape index (κ2) is 8.42. The molecule has 1 N–H and O–H groups in total. The fourth-order valence-electron chi connectivity index (χ4n) is 4.79. The first-order valence-corrected chi connectivity index (χ1v) is 11.7. The normalized spacial score (nSPS) is 23.1. The average molecular weight is 467 g/mol. The summed E-state index contributed by atoms with van der Waals surface area (Å²) in [7, 11) is 0. The van der Waals surface area contributed by atoms with Crippen LogP contribution in [-0.4, -0.2) is 51.5 Å². The van der Waals surface area contributed by atoms with Crippen molar-refractivity contribution in [2.45, 2.75) is 44.8 Å². The number of nitrogens with one attached hydrogen (secondary N) is 1. The molecular weight excluding hydrogens is 441 g/mol. The lowest BCUT2D eigenvalue weighted by Crippen LogP contribution is -2.48. The molecule has 4 heterocycles. The number of hydrogen-bond donors (Lipinski definition) is 1. The standard InChI is InChI=1S/C21H25F3N6OS/c1-13-25-10-17(32-13)29-11-14-5-6-15(12-29)18(14)26-20-27-19-16(4-2-8-30(19)28-20)31-9-3-7-21(22,23)24/h2,4,8,10,14-15,18H,3,5-7,9,11-12H2,1H3,(H,26,28)/t14-,15+,18-. The van der Waals surface area contributed by atoms with E-state index in [0.717, 1.165) is 30.9 Å². The number of ether oxygens (including phenoxy) is 1. The molecule has 172 valence electrons. The molecule has 0 aromatic carbocycles. The molecule has 11 heteroatoms. The molecule has 0 radical (unpaired) electrons. The van der Waals surface area contributed by atoms with Gasteiger partial charge in [0.15, 0.2) is 11.4 Å². The van der Waals surface area contributed by atoms with Gasteiger partial charge in [-0.3, -0.25) is 0 Å². The van der Waals surface area contributed by atoms with Gasteiger partial charge in [-0.25, -0.2) is 9.50 Å². The van der Waals surface area contributed by atoms with Crippen LogP contribution in [0.1, 0.15) is 30.7 Å². The average Bonchev–Trinajstić information content (AvgIpc) is 3.41. The van der Waals surface area contributed by atoms with E-state index < -0.39 is 12.6 Å². The Balaban J connectivity index is 1.25. The highest BCUT2D eigenvalue weighted by atomic mass is 32.1. The minimum absolute atomic E-state index is 0.0194. The lowest BCUT2D eigenvalue weighted by atomic mass is 9.92. The molecule has 7 nitrogen and oxygen atoms in total. The van der Waals surface area contributed by atoms with E-state index in [4.69, 9.17) is 4.74 Å². The fraction of sp³-hybridized carbons (Fsp3) is 0.571. The molecule has 2 bridgehead atoms. The van der Waals surface area contributed by atoms with Gasteiger partial charge in [0, 0.05) is 31.7 Å². The number of fused-ring (bicyclic) bond motifs is 3. The summed E-state index contributed by atoms with van der Waals surface area (Å²) >= 11 is 1.74. The van der Waals surface area contributed by atoms with Crippen molar-refractivity contribution < 1.29 is 17.9 Å². The minimum atomic E-state index is -4.17. The Morgan fingerprint density at radius 3 is 2.72 bits per heavy atom. The van der Waals surface area contributed by atoms with Crippen molar-refractivity contribution in [3.05, 3.63) is 29.5 Å². The van der Waals surface area contributed by atoms with Crippen LogP contribution in [0.15, 0.2) is 24.5 Å². The highest BCUT2D eigenvalue weighted by Crippen LogP contribution is 2.41. The summed E-state index contributed by atoms with van der Waals surface area (Å²) in [6, 6.07) is 3.76. The second-order valence-electron chi connectivity index (χ2n) is 8.53. The van der Waals surface area contributed by atoms with Crippen molar-refractivity contribution in [1.29, 1.82) is 0 Å². The largest absolute Gasteiger partial charge is 0.490 e. The van der Waals surface area contributed by atoms with Crippen LogP contribution < -0.4 is 15.0 Å². The molecule has 32 heavy (non-hydrogen) atoms. The monoisotopic (exact) mass is 466 g/mol. The zero-order valence-electron chi connectivity index (χ0n) is 17.7. The summed E-state index contributed by atoms with van der Waals surface area (Å²) in [4.78, 5) is 11.4. The number of piperidine rings is 1. The first kappa shape index (κ1) is 21.3. The highest BCUT2D eigenvalue weighted by Gasteiger charge is 2.43. The third-order valence-electron chi connectivity index (χ3n) is 6.24. The summed E-state index contributed by atoms with van der Waals surface area (Å²) in [5.74, 6) is 1.97. The number of pyridine rings is 1. The molecule has 2 aliphatic rings. The van der Waals surface area contributed by atoms with E-state index in [2.05, 4.69) is 25.3 Å². The van der Waals surface area contributed by atoms with E-state index in [0.29, 0.717) is 35.2 Å². The quantitative estimate of drug-likeness (QED) is 0.516. The Labute approximate surface area is 187 Å². The van der Waals surface area contributed by atoms with Crippen LogP contribution >= 0.6 is 11.3 Å². The smallest absolute Gasteiger partial charge is 0.389 e. The Morgan fingerprint density at radius 2 is 2.03 bits per heavy atom. The summed E-state index contributed by atoms with van der Waals surface area (Å²) in [6.07, 6.45) is 0.930. The molecular formula is C21H25F3N6OS. The predicted octanol–water partition coefficient (Wildman–Crippen LogP) is 4.54. The number of thiazole rings is 1. The molecule has 0 amide bonds. The topological polar surface area (TPSA) is 67.6 Å². The maximum absolute atomic E-state index is 12.4. The van der Waals surface area contributed by atoms with Crippen molar-refractivity contribution in [2.75, 3.05) is 29.9 Å². The zero-order valence-corrected chi connectivity index (χ0v) is 18.5. The maximum atomic E-state index is 12.4. The Kier molecular flexibility index (Phi) is 5.60. The number of halogens is 3. The molecule has 3 aromatic rings. The van der Waals surface area contributed by atoms with Crippen molar-refractivity contribution in [3.8, 4) is 5.75 Å². The molecule has 1 aliphatic heterocycles. The van der Waals surface area contributed by atoms with E-state index >= 15 is 0 Å². The van der Waals surface area contributed by atoms with Gasteiger partial charge in [-0.1, -0.05) is 0 Å². The van der Waals surface area contributed by atoms with Crippen molar-refractivity contribution in [1.82, 2.24) is 19.6 Å². The molecule has 0 unspecified atom stereocenters. The maximum Gasteiger partial charge on any atom is 0.389 e. The van der Waals surface area contributed by atoms with Crippen molar-refractivity contribution in [2.24, 2.45) is 11.8 Å². The number of nitrogens with zero attached hydrogens (tertiary/aromatic N) is 5. The van der Waals surface area contributed by atoms with E-state index in [1.165, 1.54) is 5.00 Å². The van der Waals surface area contributed by atoms with Gasteiger partial charge in [-0.05, 0) is 50.2 Å². The summed E-state index contributed by atoms with van der Waals surface area (Å²) in [5, 5.41) is 10.4. The molecule has 0 spiro atoms. The zero-order chi connectivity index (χ0) is 22.3. The number of rotatable bonds is 7. The summed E-state index contributed by atoms with van der Waals surface area (Å²) in [5.41, 5.74) is 0.506. The van der Waals surface area contributed by atoms with Crippen LogP contribution in [0.25, 0.3) is 5.65 Å². The van der Waals surface area contributed by atoms with E-state index in [1.54, 1.807) is 34.2 Å². The van der Waals surface area contributed by atoms with Gasteiger partial charge in [-0.15, -0.1) is 16.4 Å². The number of hydrogen-bond acceptors (Lipinski definition) is 7. The second-order valence-corrected chi connectivity index (χ2v) is 9.75. The van der Waals surface area contributed by atoms with Crippen LogP contribution in [0, 0.1) is 18.8 Å². The molecule has 1 saturated heterocycles. The van der Waals surface area contributed by atoms with Gasteiger partial charge in [0.05, 0.1) is 17.8 Å². The molecule has 2 fully saturated rings. The Hall–Kier alpha value is -2.56. The van der Waals surface area contributed by atoms with Crippen LogP contribution in [0.3, 0.4) is 0 Å². The lowest BCUT2D eigenvalue weighted by Gasteiger charge is -2.38. The molecule has 1 aliphatic carbocycles. The van der Waals surface area contributed by atoms with Gasteiger partial charge in [0.2, 0.25) is 5.95 Å². The molecule has 5 rings (SSSR count). The SMILES string of the molecule is Cc1ncc(N2C[C@H]3CC[C@@H](C2)[C@@H]3Nc2nc3c(OCCCC(F)(F)F)cccn3n2)s1. The molecule has 3 atom stereocenters. The first-order valence-electron chi connectivity index (χ1n) is 10.8. The van der Waals surface area contributed by atoms with Crippen LogP contribution in [0.5, 0.6) is 5.75 Å². The van der Waals surface area contributed by atoms with Gasteiger partial charge < -0.3 is 15.0 Å². The molecule has 3 aromatic heterocycles. The first-order chi connectivity index (χ1) is 15.4. The predicted molar refractivity (Wildman–Crippen MR) is 116 cm³/mol. The van der Waals surface area contributed by atoms with Gasteiger partial charge in [0.25, 0.3) is 0 Å². The van der Waals surface area contributed by atoms with Crippen molar-refractivity contribution in [3.63, 3.8) is 0 Å². The van der Waals surface area contributed by atoms with Gasteiger partial charge in [0.1, 0.15) is 5.00 Å². The van der Waals surface area contributed by atoms with Gasteiger partial charge >= 0.3 is 6.18 Å². The molecule has 1 saturated carbocycles. The van der Waals surface area contributed by atoms with Crippen LogP contribution in [0.2, 0.25) is 0 Å². The third-order valence-corrected chi connectivity index (χ3v) is 7.21. The number of anilines is 2. The van der Waals surface area contributed by atoms with Crippen LogP contribution in [-0.2, 0) is 0 Å². The summed E-state index contributed by atoms with van der Waals surface area (Å²) in [6.45, 7) is 3.97. The Bertz CT molecular complexity index is 1070. The van der Waals surface area contributed by atoms with E-state index in [1.807, 2.05) is 13.1 Å². The minimum Gasteiger partial charge on any atom is -0.490 e. The van der Waals surface area contributed by atoms with Gasteiger partial charge in [-0.2, -0.15) is 18.2 Å². The van der Waals surface area contributed by atoms with E-state index in [9.17, 15) is 13.2 Å². The third kappa shape index (κ3) is 4.48.